The fourth-order valence-electron chi connectivity index (χ4n) is 2.33. The maximum atomic E-state index is 12.8. The van der Waals surface area contributed by atoms with Crippen LogP contribution in [0.3, 0.4) is 0 Å². The molecule has 144 valence electrons. The normalized spacial score (nSPS) is 12.0. The van der Waals surface area contributed by atoms with E-state index in [4.69, 9.17) is 4.74 Å². The van der Waals surface area contributed by atoms with Gasteiger partial charge in [-0.05, 0) is 24.6 Å². The van der Waals surface area contributed by atoms with Crippen LogP contribution in [0.2, 0.25) is 0 Å². The number of halogens is 5. The summed E-state index contributed by atoms with van der Waals surface area (Å²) >= 11 is 0. The predicted molar refractivity (Wildman–Crippen MR) is 85.8 cm³/mol. The predicted octanol–water partition coefficient (Wildman–Crippen LogP) is 3.71. The van der Waals surface area contributed by atoms with Gasteiger partial charge in [0.25, 0.3) is 18.0 Å². The molecule has 0 bridgehead atoms. The van der Waals surface area contributed by atoms with Gasteiger partial charge in [0.15, 0.2) is 0 Å². The second-order valence-corrected chi connectivity index (χ2v) is 5.63. The topological polar surface area (TPSA) is 64.3 Å². The molecule has 0 radical (unpaired) electrons. The molecule has 0 saturated carbocycles. The van der Waals surface area contributed by atoms with Gasteiger partial charge in [0.05, 0.1) is 0 Å². The highest BCUT2D eigenvalue weighted by Crippen LogP contribution is 2.27. The van der Waals surface area contributed by atoms with E-state index in [1.165, 1.54) is 12.1 Å². The van der Waals surface area contributed by atoms with Gasteiger partial charge in [-0.15, -0.1) is 5.10 Å². The van der Waals surface area contributed by atoms with E-state index in [1.54, 1.807) is 25.1 Å². The average molecular weight is 387 g/mol. The molecule has 0 aliphatic carbocycles. The van der Waals surface area contributed by atoms with E-state index in [0.717, 1.165) is 4.52 Å². The zero-order valence-corrected chi connectivity index (χ0v) is 14.0. The monoisotopic (exact) mass is 387 g/mol. The van der Waals surface area contributed by atoms with E-state index in [9.17, 15) is 22.0 Å². The number of aryl methyl sites for hydroxylation is 1. The van der Waals surface area contributed by atoms with Crippen LogP contribution in [0.1, 0.15) is 17.1 Å². The fourth-order valence-corrected chi connectivity index (χ4v) is 2.33. The first kappa shape index (κ1) is 18.8. The second kappa shape index (κ2) is 7.33. The van der Waals surface area contributed by atoms with Crippen LogP contribution >= 0.6 is 0 Å². The van der Waals surface area contributed by atoms with Crippen LogP contribution in [-0.4, -0.2) is 32.6 Å². The van der Waals surface area contributed by atoms with E-state index in [2.05, 4.69) is 20.4 Å². The van der Waals surface area contributed by atoms with E-state index >= 15 is 0 Å². The SMILES string of the molecule is Cc1cc(NCc2cccc(OCC(F)F)c2)n2nc(C(F)(F)F)nc2n1. The summed E-state index contributed by atoms with van der Waals surface area (Å²) in [7, 11) is 0. The Kier molecular flexibility index (Phi) is 5.10. The lowest BCUT2D eigenvalue weighted by Gasteiger charge is -2.10. The number of aromatic nitrogens is 4. The van der Waals surface area contributed by atoms with Crippen LogP contribution in [-0.2, 0) is 12.7 Å². The first-order valence-electron chi connectivity index (χ1n) is 7.78. The number of rotatable bonds is 6. The quantitative estimate of drug-likeness (QED) is 0.654. The van der Waals surface area contributed by atoms with Crippen molar-refractivity contribution in [2.75, 3.05) is 11.9 Å². The summed E-state index contributed by atoms with van der Waals surface area (Å²) in [6, 6.07) is 7.97. The lowest BCUT2D eigenvalue weighted by Crippen LogP contribution is -2.10. The molecule has 0 fully saturated rings. The number of nitrogens with one attached hydrogen (secondary N) is 1. The van der Waals surface area contributed by atoms with Gasteiger partial charge in [0.1, 0.15) is 18.2 Å². The third kappa shape index (κ3) is 4.60. The van der Waals surface area contributed by atoms with Gasteiger partial charge < -0.3 is 10.1 Å². The molecule has 0 saturated heterocycles. The van der Waals surface area contributed by atoms with Crippen LogP contribution in [0.15, 0.2) is 30.3 Å². The molecule has 1 aromatic carbocycles. The highest BCUT2D eigenvalue weighted by Gasteiger charge is 2.36. The molecule has 0 amide bonds. The number of hydrogen-bond donors (Lipinski definition) is 1. The van der Waals surface area contributed by atoms with E-state index in [0.29, 0.717) is 11.3 Å². The Morgan fingerprint density at radius 1 is 1.19 bits per heavy atom. The average Bonchev–Trinajstić information content (AvgIpc) is 3.02. The molecule has 2 aromatic heterocycles. The number of nitrogens with zero attached hydrogens (tertiary/aromatic N) is 4. The molecular formula is C16H14F5N5O. The van der Waals surface area contributed by atoms with Gasteiger partial charge in [-0.2, -0.15) is 22.7 Å². The van der Waals surface area contributed by atoms with Crippen molar-refractivity contribution in [3.8, 4) is 5.75 Å². The number of hydrogen-bond acceptors (Lipinski definition) is 5. The molecule has 3 rings (SSSR count). The van der Waals surface area contributed by atoms with Crippen LogP contribution in [0.4, 0.5) is 27.8 Å². The summed E-state index contributed by atoms with van der Waals surface area (Å²) in [5, 5.41) is 6.40. The Morgan fingerprint density at radius 2 is 1.96 bits per heavy atom. The number of fused-ring (bicyclic) bond motifs is 1. The molecule has 0 aliphatic rings. The summed E-state index contributed by atoms with van der Waals surface area (Å²) < 4.78 is 68.8. The first-order chi connectivity index (χ1) is 12.7. The first-order valence-corrected chi connectivity index (χ1v) is 7.78. The molecule has 3 aromatic rings. The Hall–Kier alpha value is -2.98. The van der Waals surface area contributed by atoms with Crippen LogP contribution in [0.5, 0.6) is 5.75 Å². The van der Waals surface area contributed by atoms with Crippen molar-refractivity contribution in [1.29, 1.82) is 0 Å². The number of alkyl halides is 5. The summed E-state index contributed by atoms with van der Waals surface area (Å²) in [5.74, 6) is -0.935. The Morgan fingerprint density at radius 3 is 2.67 bits per heavy atom. The second-order valence-electron chi connectivity index (χ2n) is 5.63. The molecule has 0 aliphatic heterocycles. The molecule has 0 atom stereocenters. The van der Waals surface area contributed by atoms with Gasteiger partial charge in [0.2, 0.25) is 0 Å². The van der Waals surface area contributed by atoms with Crippen molar-refractivity contribution < 1.29 is 26.7 Å². The minimum atomic E-state index is -4.69. The van der Waals surface area contributed by atoms with Crippen LogP contribution in [0, 0.1) is 6.92 Å². The number of benzene rings is 1. The maximum absolute atomic E-state index is 12.8. The lowest BCUT2D eigenvalue weighted by molar-refractivity contribution is -0.144. The van der Waals surface area contributed by atoms with E-state index in [-0.39, 0.29) is 23.9 Å². The van der Waals surface area contributed by atoms with Crippen LogP contribution < -0.4 is 10.1 Å². The van der Waals surface area contributed by atoms with Gasteiger partial charge in [-0.3, -0.25) is 0 Å². The van der Waals surface area contributed by atoms with Crippen molar-refractivity contribution in [3.63, 3.8) is 0 Å². The molecule has 27 heavy (non-hydrogen) atoms. The van der Waals surface area contributed by atoms with Crippen molar-refractivity contribution in [2.45, 2.75) is 26.1 Å². The highest BCUT2D eigenvalue weighted by atomic mass is 19.4. The van der Waals surface area contributed by atoms with Crippen LogP contribution in [0.25, 0.3) is 5.78 Å². The van der Waals surface area contributed by atoms with Gasteiger partial charge in [0, 0.05) is 18.3 Å². The Balaban J connectivity index is 1.81. The lowest BCUT2D eigenvalue weighted by atomic mass is 10.2. The fraction of sp³-hybridized carbons (Fsp3) is 0.312. The number of ether oxygens (including phenoxy) is 1. The minimum absolute atomic E-state index is 0.182. The minimum Gasteiger partial charge on any atom is -0.488 e. The molecule has 1 N–H and O–H groups in total. The molecule has 6 nitrogen and oxygen atoms in total. The maximum Gasteiger partial charge on any atom is 0.453 e. The third-order valence-corrected chi connectivity index (χ3v) is 3.44. The molecular weight excluding hydrogens is 373 g/mol. The molecule has 0 unspecified atom stereocenters. The van der Waals surface area contributed by atoms with Crippen molar-refractivity contribution in [2.24, 2.45) is 0 Å². The summed E-state index contributed by atoms with van der Waals surface area (Å²) in [6.07, 6.45) is -7.27. The van der Waals surface area contributed by atoms with Gasteiger partial charge >= 0.3 is 6.18 Å². The largest absolute Gasteiger partial charge is 0.488 e. The highest BCUT2D eigenvalue weighted by molar-refractivity contribution is 5.46. The smallest absolute Gasteiger partial charge is 0.453 e. The standard InChI is InChI=1S/C16H14F5N5O/c1-9-5-13(26-15(23-9)24-14(25-26)16(19,20)21)22-7-10-3-2-4-11(6-10)27-8-12(17)18/h2-6,12,22H,7-8H2,1H3. The van der Waals surface area contributed by atoms with Gasteiger partial charge in [-0.1, -0.05) is 12.1 Å². The summed E-state index contributed by atoms with van der Waals surface area (Å²) in [6.45, 7) is 1.10. The van der Waals surface area contributed by atoms with E-state index in [1.807, 2.05) is 0 Å². The van der Waals surface area contributed by atoms with Gasteiger partial charge in [-0.25, -0.2) is 13.8 Å². The van der Waals surface area contributed by atoms with Crippen molar-refractivity contribution >= 4 is 11.6 Å². The van der Waals surface area contributed by atoms with Crippen molar-refractivity contribution in [1.82, 2.24) is 19.6 Å². The molecule has 2 heterocycles. The summed E-state index contributed by atoms with van der Waals surface area (Å²) in [5.41, 5.74) is 1.14. The molecule has 0 spiro atoms. The zero-order chi connectivity index (χ0) is 19.6. The summed E-state index contributed by atoms with van der Waals surface area (Å²) in [4.78, 5) is 7.34. The zero-order valence-electron chi connectivity index (χ0n) is 14.0. The Bertz CT molecular complexity index is 941. The molecule has 11 heteroatoms. The van der Waals surface area contributed by atoms with Crippen molar-refractivity contribution in [3.05, 3.63) is 47.4 Å². The Labute approximate surface area is 150 Å². The number of anilines is 1. The third-order valence-electron chi connectivity index (χ3n) is 3.44. The van der Waals surface area contributed by atoms with E-state index < -0.39 is 25.0 Å².